The number of hydrogen-bond donors (Lipinski definition) is 1. The molecule has 2 heterocycles. The van der Waals surface area contributed by atoms with Crippen molar-refractivity contribution in [3.05, 3.63) is 29.9 Å². The van der Waals surface area contributed by atoms with Crippen molar-refractivity contribution in [2.45, 2.75) is 26.3 Å². The maximum atomic E-state index is 5.08. The summed E-state index contributed by atoms with van der Waals surface area (Å²) in [5.74, 6) is 3.40. The highest BCUT2D eigenvalue weighted by atomic mass is 16.5. The second kappa shape index (κ2) is 5.48. The highest BCUT2D eigenvalue weighted by Crippen LogP contribution is 2.28. The number of nitrogens with zero attached hydrogens (tertiary/aromatic N) is 4. The third-order valence-electron chi connectivity index (χ3n) is 3.39. The molecule has 0 saturated heterocycles. The van der Waals surface area contributed by atoms with Crippen molar-refractivity contribution >= 4 is 11.6 Å². The van der Waals surface area contributed by atoms with Crippen LogP contribution in [-0.2, 0) is 6.54 Å². The molecule has 1 fully saturated rings. The van der Waals surface area contributed by atoms with Gasteiger partial charge in [0.1, 0.15) is 29.4 Å². The Hall–Kier alpha value is -2.11. The molecule has 1 aliphatic carbocycles. The van der Waals surface area contributed by atoms with Crippen LogP contribution in [0.2, 0.25) is 0 Å². The minimum atomic E-state index is 0.663. The normalized spacial score (nSPS) is 14.3. The number of anilines is 2. The first-order valence-corrected chi connectivity index (χ1v) is 6.90. The van der Waals surface area contributed by atoms with E-state index in [-0.39, 0.29) is 0 Å². The van der Waals surface area contributed by atoms with Gasteiger partial charge in [-0.15, -0.1) is 0 Å². The van der Waals surface area contributed by atoms with Crippen LogP contribution in [0.25, 0.3) is 0 Å². The maximum absolute atomic E-state index is 5.08. The van der Waals surface area contributed by atoms with E-state index in [0.717, 1.165) is 35.6 Å². The zero-order valence-corrected chi connectivity index (χ0v) is 11.8. The fourth-order valence-electron chi connectivity index (χ4n) is 2.04. The van der Waals surface area contributed by atoms with Gasteiger partial charge >= 0.3 is 0 Å². The summed E-state index contributed by atoms with van der Waals surface area (Å²) >= 11 is 0. The molecule has 0 atom stereocenters. The van der Waals surface area contributed by atoms with E-state index in [1.807, 2.05) is 31.0 Å². The molecule has 3 rings (SSSR count). The van der Waals surface area contributed by atoms with Crippen molar-refractivity contribution in [3.8, 4) is 0 Å². The lowest BCUT2D eigenvalue weighted by molar-refractivity contribution is 0.390. The van der Waals surface area contributed by atoms with E-state index in [2.05, 4.69) is 20.4 Å². The smallest absolute Gasteiger partial charge is 0.134 e. The van der Waals surface area contributed by atoms with E-state index in [1.165, 1.54) is 12.8 Å². The minimum Gasteiger partial charge on any atom is -0.370 e. The quantitative estimate of drug-likeness (QED) is 0.870. The molecule has 2 aromatic rings. The first kappa shape index (κ1) is 12.9. The molecule has 0 unspecified atom stereocenters. The van der Waals surface area contributed by atoms with Gasteiger partial charge in [-0.05, 0) is 25.7 Å². The highest BCUT2D eigenvalue weighted by molar-refractivity contribution is 5.48. The summed E-state index contributed by atoms with van der Waals surface area (Å²) in [6.07, 6.45) is 4.25. The van der Waals surface area contributed by atoms with Crippen LogP contribution in [0.4, 0.5) is 11.6 Å². The largest absolute Gasteiger partial charge is 0.370 e. The third-order valence-corrected chi connectivity index (χ3v) is 3.39. The molecule has 0 amide bonds. The summed E-state index contributed by atoms with van der Waals surface area (Å²) in [5, 5.41) is 7.35. The van der Waals surface area contributed by atoms with Gasteiger partial charge in [-0.3, -0.25) is 0 Å². The molecule has 2 aromatic heterocycles. The Morgan fingerprint density at radius 3 is 2.90 bits per heavy atom. The van der Waals surface area contributed by atoms with E-state index in [4.69, 9.17) is 4.52 Å². The standard InChI is InChI=1S/C14H19N5O/c1-10-5-12(18-20-10)8-19(2)14-6-13(16-9-17-14)15-7-11-3-4-11/h5-6,9,11H,3-4,7-8H2,1-2H3,(H,15,16,17). The Bertz CT molecular complexity index is 578. The fourth-order valence-corrected chi connectivity index (χ4v) is 2.04. The summed E-state index contributed by atoms with van der Waals surface area (Å²) < 4.78 is 5.08. The van der Waals surface area contributed by atoms with Gasteiger partial charge in [0.25, 0.3) is 0 Å². The van der Waals surface area contributed by atoms with Gasteiger partial charge in [-0.2, -0.15) is 0 Å². The number of aryl methyl sites for hydroxylation is 1. The van der Waals surface area contributed by atoms with Crippen molar-refractivity contribution in [2.75, 3.05) is 23.8 Å². The van der Waals surface area contributed by atoms with Gasteiger partial charge in [-0.25, -0.2) is 9.97 Å². The van der Waals surface area contributed by atoms with E-state index < -0.39 is 0 Å². The average molecular weight is 273 g/mol. The highest BCUT2D eigenvalue weighted by Gasteiger charge is 2.20. The van der Waals surface area contributed by atoms with Crippen molar-refractivity contribution in [3.63, 3.8) is 0 Å². The van der Waals surface area contributed by atoms with Gasteiger partial charge in [0.15, 0.2) is 0 Å². The molecule has 106 valence electrons. The molecule has 6 nitrogen and oxygen atoms in total. The lowest BCUT2D eigenvalue weighted by Crippen LogP contribution is -2.18. The monoisotopic (exact) mass is 273 g/mol. The molecule has 0 bridgehead atoms. The van der Waals surface area contributed by atoms with Crippen molar-refractivity contribution in [1.82, 2.24) is 15.1 Å². The van der Waals surface area contributed by atoms with Crippen LogP contribution >= 0.6 is 0 Å². The van der Waals surface area contributed by atoms with Gasteiger partial charge < -0.3 is 14.7 Å². The van der Waals surface area contributed by atoms with Crippen LogP contribution in [0.3, 0.4) is 0 Å². The van der Waals surface area contributed by atoms with Crippen LogP contribution in [0.5, 0.6) is 0 Å². The Morgan fingerprint density at radius 1 is 1.35 bits per heavy atom. The van der Waals surface area contributed by atoms with Crippen LogP contribution in [0.1, 0.15) is 24.3 Å². The van der Waals surface area contributed by atoms with Crippen molar-refractivity contribution < 1.29 is 4.52 Å². The topological polar surface area (TPSA) is 67.1 Å². The fraction of sp³-hybridized carbons (Fsp3) is 0.500. The summed E-state index contributed by atoms with van der Waals surface area (Å²) in [4.78, 5) is 10.6. The summed E-state index contributed by atoms with van der Waals surface area (Å²) in [7, 11) is 1.98. The number of rotatable bonds is 6. The first-order chi connectivity index (χ1) is 9.70. The van der Waals surface area contributed by atoms with Gasteiger partial charge in [0, 0.05) is 25.7 Å². The van der Waals surface area contributed by atoms with E-state index in [1.54, 1.807) is 6.33 Å². The van der Waals surface area contributed by atoms with Crippen LogP contribution < -0.4 is 10.2 Å². The summed E-state index contributed by atoms with van der Waals surface area (Å²) in [6, 6.07) is 3.90. The third kappa shape index (κ3) is 3.26. The number of nitrogens with one attached hydrogen (secondary N) is 1. The lowest BCUT2D eigenvalue weighted by Gasteiger charge is -2.17. The average Bonchev–Trinajstić information content (AvgIpc) is 3.19. The van der Waals surface area contributed by atoms with E-state index in [0.29, 0.717) is 6.54 Å². The molecule has 20 heavy (non-hydrogen) atoms. The maximum Gasteiger partial charge on any atom is 0.134 e. The predicted octanol–water partition coefficient (Wildman–Crippen LogP) is 2.23. The van der Waals surface area contributed by atoms with Crippen LogP contribution in [0, 0.1) is 12.8 Å². The SMILES string of the molecule is Cc1cc(CN(C)c2cc(NCC3CC3)ncn2)no1. The molecule has 1 aliphatic rings. The lowest BCUT2D eigenvalue weighted by atomic mass is 10.3. The first-order valence-electron chi connectivity index (χ1n) is 6.90. The van der Waals surface area contributed by atoms with Gasteiger partial charge in [0.05, 0.1) is 6.54 Å². The van der Waals surface area contributed by atoms with Gasteiger partial charge in [0.2, 0.25) is 0 Å². The number of aromatic nitrogens is 3. The minimum absolute atomic E-state index is 0.663. The molecular formula is C14H19N5O. The molecule has 0 spiro atoms. The Morgan fingerprint density at radius 2 is 2.20 bits per heavy atom. The molecule has 1 N–H and O–H groups in total. The molecule has 0 radical (unpaired) electrons. The van der Waals surface area contributed by atoms with Crippen molar-refractivity contribution in [2.24, 2.45) is 5.92 Å². The molecule has 0 aromatic carbocycles. The summed E-state index contributed by atoms with van der Waals surface area (Å²) in [5.41, 5.74) is 0.899. The second-order valence-electron chi connectivity index (χ2n) is 5.37. The Labute approximate surface area is 118 Å². The van der Waals surface area contributed by atoms with Gasteiger partial charge in [-0.1, -0.05) is 5.16 Å². The van der Waals surface area contributed by atoms with Crippen molar-refractivity contribution in [1.29, 1.82) is 0 Å². The molecule has 0 aliphatic heterocycles. The zero-order valence-electron chi connectivity index (χ0n) is 11.8. The second-order valence-corrected chi connectivity index (χ2v) is 5.37. The Balaban J connectivity index is 1.63. The van der Waals surface area contributed by atoms with E-state index >= 15 is 0 Å². The van der Waals surface area contributed by atoms with Crippen LogP contribution in [-0.4, -0.2) is 28.7 Å². The molecule has 1 saturated carbocycles. The zero-order chi connectivity index (χ0) is 13.9. The molecule has 6 heteroatoms. The number of hydrogen-bond acceptors (Lipinski definition) is 6. The predicted molar refractivity (Wildman–Crippen MR) is 76.6 cm³/mol. The van der Waals surface area contributed by atoms with Crippen LogP contribution in [0.15, 0.2) is 23.0 Å². The molecular weight excluding hydrogens is 254 g/mol. The van der Waals surface area contributed by atoms with E-state index in [9.17, 15) is 0 Å². The summed E-state index contributed by atoms with van der Waals surface area (Å²) in [6.45, 7) is 3.56. The Kier molecular flexibility index (Phi) is 3.54.